The van der Waals surface area contributed by atoms with Crippen LogP contribution in [-0.2, 0) is 4.79 Å². The number of thioether (sulfide) groups is 1. The third kappa shape index (κ3) is 4.43. The van der Waals surface area contributed by atoms with Crippen LogP contribution in [0.1, 0.15) is 11.1 Å². The highest BCUT2D eigenvalue weighted by molar-refractivity contribution is 14.1. The zero-order valence-corrected chi connectivity index (χ0v) is 16.5. The van der Waals surface area contributed by atoms with Gasteiger partial charge < -0.3 is 4.74 Å². The Morgan fingerprint density at radius 1 is 1.16 bits per heavy atom. The quantitative estimate of drug-likeness (QED) is 0.474. The summed E-state index contributed by atoms with van der Waals surface area (Å²) in [6, 6.07) is 15.4. The van der Waals surface area contributed by atoms with E-state index in [-0.39, 0.29) is 24.3 Å². The van der Waals surface area contributed by atoms with Gasteiger partial charge in [0, 0.05) is 3.57 Å². The summed E-state index contributed by atoms with van der Waals surface area (Å²) in [7, 11) is 0. The molecule has 0 atom stereocenters. The molecular formula is C19H16INO3S. The predicted octanol–water partition coefficient (Wildman–Crippen LogP) is 4.71. The summed E-state index contributed by atoms with van der Waals surface area (Å²) in [4.78, 5) is 26.3. The van der Waals surface area contributed by atoms with Crippen molar-refractivity contribution in [2.75, 3.05) is 13.2 Å². The number of imide groups is 1. The molecule has 0 aromatic heterocycles. The van der Waals surface area contributed by atoms with Gasteiger partial charge in [-0.3, -0.25) is 14.5 Å². The molecule has 0 N–H and O–H groups in total. The van der Waals surface area contributed by atoms with E-state index in [1.54, 1.807) is 6.08 Å². The standard InChI is InChI=1S/C19H16INO3S/c1-13-5-4-7-15(11-13)24-10-9-21-18(22)17(25-19(21)23)12-14-6-2-3-8-16(14)20/h2-8,11-12H,9-10H2,1H3/b17-12-. The third-order valence-electron chi connectivity index (χ3n) is 3.64. The molecular weight excluding hydrogens is 449 g/mol. The number of halogens is 1. The van der Waals surface area contributed by atoms with E-state index in [1.807, 2.05) is 55.5 Å². The highest BCUT2D eigenvalue weighted by Crippen LogP contribution is 2.32. The first-order valence-electron chi connectivity index (χ1n) is 7.74. The third-order valence-corrected chi connectivity index (χ3v) is 5.53. The van der Waals surface area contributed by atoms with Gasteiger partial charge >= 0.3 is 0 Å². The largest absolute Gasteiger partial charge is 0.492 e. The van der Waals surface area contributed by atoms with Crippen LogP contribution in [0.5, 0.6) is 5.75 Å². The average Bonchev–Trinajstić information content (AvgIpc) is 2.84. The molecule has 2 aromatic rings. The molecule has 25 heavy (non-hydrogen) atoms. The fraction of sp³-hybridized carbons (Fsp3) is 0.158. The van der Waals surface area contributed by atoms with E-state index < -0.39 is 0 Å². The minimum Gasteiger partial charge on any atom is -0.492 e. The van der Waals surface area contributed by atoms with Crippen molar-refractivity contribution < 1.29 is 14.3 Å². The lowest BCUT2D eigenvalue weighted by atomic mass is 10.2. The van der Waals surface area contributed by atoms with Crippen molar-refractivity contribution in [3.05, 3.63) is 68.1 Å². The number of carbonyl (C=O) groups is 2. The Bertz CT molecular complexity index is 850. The molecule has 2 aromatic carbocycles. The van der Waals surface area contributed by atoms with Crippen LogP contribution in [0.4, 0.5) is 4.79 Å². The number of hydrogen-bond donors (Lipinski definition) is 0. The van der Waals surface area contributed by atoms with Gasteiger partial charge in [0.2, 0.25) is 0 Å². The number of hydrogen-bond acceptors (Lipinski definition) is 4. The van der Waals surface area contributed by atoms with Crippen LogP contribution in [0.25, 0.3) is 6.08 Å². The summed E-state index contributed by atoms with van der Waals surface area (Å²) in [5, 5.41) is -0.255. The maximum absolute atomic E-state index is 12.5. The highest BCUT2D eigenvalue weighted by Gasteiger charge is 2.34. The van der Waals surface area contributed by atoms with Crippen molar-refractivity contribution in [3.8, 4) is 5.75 Å². The second-order valence-corrected chi connectivity index (χ2v) is 7.68. The van der Waals surface area contributed by atoms with Crippen LogP contribution >= 0.6 is 34.4 Å². The molecule has 3 rings (SSSR count). The van der Waals surface area contributed by atoms with Gasteiger partial charge in [-0.15, -0.1) is 0 Å². The number of nitrogens with zero attached hydrogens (tertiary/aromatic N) is 1. The normalized spacial score (nSPS) is 15.9. The van der Waals surface area contributed by atoms with Gasteiger partial charge in [-0.2, -0.15) is 0 Å². The molecule has 4 nitrogen and oxygen atoms in total. The molecule has 1 aliphatic heterocycles. The number of carbonyl (C=O) groups excluding carboxylic acids is 2. The van der Waals surface area contributed by atoms with Gasteiger partial charge in [0.15, 0.2) is 0 Å². The molecule has 0 saturated carbocycles. The van der Waals surface area contributed by atoms with Crippen molar-refractivity contribution in [3.63, 3.8) is 0 Å². The van der Waals surface area contributed by atoms with E-state index in [0.29, 0.717) is 4.91 Å². The lowest BCUT2D eigenvalue weighted by Gasteiger charge is -2.13. The first kappa shape index (κ1) is 18.0. The molecule has 0 spiro atoms. The molecule has 0 unspecified atom stereocenters. The Morgan fingerprint density at radius 2 is 1.96 bits per heavy atom. The molecule has 1 heterocycles. The number of rotatable bonds is 5. The maximum atomic E-state index is 12.5. The van der Waals surface area contributed by atoms with Crippen LogP contribution in [0.15, 0.2) is 53.4 Å². The van der Waals surface area contributed by atoms with Crippen molar-refractivity contribution >= 4 is 51.6 Å². The zero-order valence-electron chi connectivity index (χ0n) is 13.6. The summed E-state index contributed by atoms with van der Waals surface area (Å²) in [6.45, 7) is 2.50. The Balaban J connectivity index is 1.64. The number of benzene rings is 2. The monoisotopic (exact) mass is 465 g/mol. The molecule has 128 valence electrons. The smallest absolute Gasteiger partial charge is 0.293 e. The van der Waals surface area contributed by atoms with Crippen molar-refractivity contribution in [1.29, 1.82) is 0 Å². The summed E-state index contributed by atoms with van der Waals surface area (Å²) in [6.07, 6.45) is 1.77. The molecule has 1 aliphatic rings. The second kappa shape index (κ2) is 8.05. The maximum Gasteiger partial charge on any atom is 0.293 e. The highest BCUT2D eigenvalue weighted by atomic mass is 127. The first-order valence-corrected chi connectivity index (χ1v) is 9.63. The second-order valence-electron chi connectivity index (χ2n) is 5.52. The van der Waals surface area contributed by atoms with Crippen LogP contribution < -0.4 is 4.74 Å². The van der Waals surface area contributed by atoms with Gasteiger partial charge in [-0.05, 0) is 76.7 Å². The summed E-state index contributed by atoms with van der Waals surface area (Å²) in [5.41, 5.74) is 2.04. The summed E-state index contributed by atoms with van der Waals surface area (Å²) >= 11 is 3.19. The zero-order chi connectivity index (χ0) is 17.8. The van der Waals surface area contributed by atoms with E-state index in [0.717, 1.165) is 32.2 Å². The SMILES string of the molecule is Cc1cccc(OCCN2C(=O)S/C(=C\c3ccccc3I)C2=O)c1. The molecule has 0 aliphatic carbocycles. The van der Waals surface area contributed by atoms with Gasteiger partial charge in [0.25, 0.3) is 11.1 Å². The Kier molecular flexibility index (Phi) is 5.80. The van der Waals surface area contributed by atoms with Gasteiger partial charge in [-0.25, -0.2) is 0 Å². The topological polar surface area (TPSA) is 46.6 Å². The van der Waals surface area contributed by atoms with E-state index >= 15 is 0 Å². The molecule has 0 bridgehead atoms. The van der Waals surface area contributed by atoms with E-state index in [4.69, 9.17) is 4.74 Å². The predicted molar refractivity (Wildman–Crippen MR) is 109 cm³/mol. The van der Waals surface area contributed by atoms with Crippen molar-refractivity contribution in [2.24, 2.45) is 0 Å². The lowest BCUT2D eigenvalue weighted by Crippen LogP contribution is -2.32. The summed E-state index contributed by atoms with van der Waals surface area (Å²) < 4.78 is 6.68. The number of amides is 2. The van der Waals surface area contributed by atoms with E-state index in [2.05, 4.69) is 22.6 Å². The van der Waals surface area contributed by atoms with Gasteiger partial charge in [0.1, 0.15) is 12.4 Å². The van der Waals surface area contributed by atoms with Crippen LogP contribution in [0.3, 0.4) is 0 Å². The van der Waals surface area contributed by atoms with E-state index in [1.165, 1.54) is 4.90 Å². The fourth-order valence-electron chi connectivity index (χ4n) is 2.39. The first-order chi connectivity index (χ1) is 12.0. The van der Waals surface area contributed by atoms with Crippen LogP contribution in [-0.4, -0.2) is 29.2 Å². The van der Waals surface area contributed by atoms with Crippen LogP contribution in [0, 0.1) is 10.5 Å². The molecule has 0 radical (unpaired) electrons. The van der Waals surface area contributed by atoms with Gasteiger partial charge in [0.05, 0.1) is 11.4 Å². The Morgan fingerprint density at radius 3 is 2.72 bits per heavy atom. The summed E-state index contributed by atoms with van der Waals surface area (Å²) in [5.74, 6) is 0.476. The molecule has 2 amide bonds. The van der Waals surface area contributed by atoms with Crippen molar-refractivity contribution in [2.45, 2.75) is 6.92 Å². The Hall–Kier alpha value is -1.80. The minimum absolute atomic E-state index is 0.238. The molecule has 1 fully saturated rings. The lowest BCUT2D eigenvalue weighted by molar-refractivity contribution is -0.123. The minimum atomic E-state index is -0.262. The van der Waals surface area contributed by atoms with Gasteiger partial charge in [-0.1, -0.05) is 30.3 Å². The molecule has 6 heteroatoms. The van der Waals surface area contributed by atoms with Crippen LogP contribution in [0.2, 0.25) is 0 Å². The van der Waals surface area contributed by atoms with Crippen molar-refractivity contribution in [1.82, 2.24) is 4.90 Å². The number of aryl methyl sites for hydroxylation is 1. The van der Waals surface area contributed by atoms with E-state index in [9.17, 15) is 9.59 Å². The number of ether oxygens (including phenoxy) is 1. The fourth-order valence-corrected chi connectivity index (χ4v) is 3.79. The molecule has 1 saturated heterocycles. The Labute approximate surface area is 164 Å². The average molecular weight is 465 g/mol.